The van der Waals surface area contributed by atoms with E-state index in [-0.39, 0.29) is 0 Å². The van der Waals surface area contributed by atoms with Crippen LogP contribution < -0.4 is 5.32 Å². The molecule has 5 heteroatoms. The topological polar surface area (TPSA) is 50.7 Å². The number of ether oxygens (including phenoxy) is 2. The van der Waals surface area contributed by atoms with E-state index in [1.54, 1.807) is 0 Å². The van der Waals surface area contributed by atoms with Gasteiger partial charge in [-0.2, -0.15) is 11.8 Å². The largest absolute Gasteiger partial charge is 0.389 e. The van der Waals surface area contributed by atoms with Crippen molar-refractivity contribution in [2.75, 3.05) is 51.5 Å². The molecule has 0 aromatic rings. The quantitative estimate of drug-likeness (QED) is 0.478. The van der Waals surface area contributed by atoms with E-state index in [2.05, 4.69) is 25.4 Å². The van der Waals surface area contributed by atoms with Crippen LogP contribution in [0.2, 0.25) is 0 Å². The lowest BCUT2D eigenvalue weighted by Crippen LogP contribution is -2.33. The van der Waals surface area contributed by atoms with Gasteiger partial charge in [0.25, 0.3) is 0 Å². The summed E-state index contributed by atoms with van der Waals surface area (Å²) in [7, 11) is 0. The van der Waals surface area contributed by atoms with Gasteiger partial charge in [-0.3, -0.25) is 0 Å². The fraction of sp³-hybridized carbons (Fsp3) is 1.00. The molecule has 0 saturated heterocycles. The van der Waals surface area contributed by atoms with Gasteiger partial charge in [0.1, 0.15) is 0 Å². The molecular weight excluding hydrogens is 262 g/mol. The Kier molecular flexibility index (Phi) is 14.7. The highest BCUT2D eigenvalue weighted by molar-refractivity contribution is 7.98. The molecule has 0 aromatic carbocycles. The summed E-state index contributed by atoms with van der Waals surface area (Å²) >= 11 is 1.85. The number of hydrogen-bond donors (Lipinski definition) is 2. The van der Waals surface area contributed by atoms with Crippen molar-refractivity contribution >= 4 is 11.8 Å². The molecule has 0 spiro atoms. The van der Waals surface area contributed by atoms with Crippen LogP contribution in [0.1, 0.15) is 26.7 Å². The molecule has 2 atom stereocenters. The van der Waals surface area contributed by atoms with E-state index in [4.69, 9.17) is 9.47 Å². The lowest BCUT2D eigenvalue weighted by atomic mass is 10.2. The van der Waals surface area contributed by atoms with E-state index < -0.39 is 6.10 Å². The Bertz CT molecular complexity index is 184. The Morgan fingerprint density at radius 2 is 1.89 bits per heavy atom. The fourth-order valence-corrected chi connectivity index (χ4v) is 2.27. The maximum absolute atomic E-state index is 9.70. The number of hydrogen-bond acceptors (Lipinski definition) is 5. The first-order valence-corrected chi connectivity index (χ1v) is 8.63. The van der Waals surface area contributed by atoms with Gasteiger partial charge < -0.3 is 19.9 Å². The van der Waals surface area contributed by atoms with Crippen LogP contribution in [-0.2, 0) is 9.47 Å². The van der Waals surface area contributed by atoms with Crippen molar-refractivity contribution in [2.24, 2.45) is 5.92 Å². The Balaban J connectivity index is 3.23. The third kappa shape index (κ3) is 14.4. The second-order valence-corrected chi connectivity index (χ2v) is 5.82. The third-order valence-electron chi connectivity index (χ3n) is 2.65. The van der Waals surface area contributed by atoms with Gasteiger partial charge >= 0.3 is 0 Å². The third-order valence-corrected chi connectivity index (χ3v) is 3.55. The number of aliphatic hydroxyl groups excluding tert-OH is 1. The Morgan fingerprint density at radius 1 is 1.16 bits per heavy atom. The molecule has 2 N–H and O–H groups in total. The van der Waals surface area contributed by atoms with Gasteiger partial charge in [-0.25, -0.2) is 0 Å². The van der Waals surface area contributed by atoms with Gasteiger partial charge in [0.2, 0.25) is 0 Å². The highest BCUT2D eigenvalue weighted by atomic mass is 32.2. The fourth-order valence-electron chi connectivity index (χ4n) is 1.58. The summed E-state index contributed by atoms with van der Waals surface area (Å²) in [6, 6.07) is 0. The first-order valence-electron chi connectivity index (χ1n) is 7.23. The number of nitrogens with one attached hydrogen (secondary N) is 1. The molecular formula is C14H31NO3S. The van der Waals surface area contributed by atoms with Crippen LogP contribution in [0.25, 0.3) is 0 Å². The lowest BCUT2D eigenvalue weighted by Gasteiger charge is -2.15. The summed E-state index contributed by atoms with van der Waals surface area (Å²) in [6.45, 7) is 8.24. The van der Waals surface area contributed by atoms with E-state index >= 15 is 0 Å². The van der Waals surface area contributed by atoms with Crippen molar-refractivity contribution in [3.8, 4) is 0 Å². The van der Waals surface area contributed by atoms with Crippen LogP contribution in [0.15, 0.2) is 0 Å². The molecule has 0 aliphatic rings. The molecule has 0 bridgehead atoms. The Hall–Kier alpha value is 0.190. The van der Waals surface area contributed by atoms with E-state index in [1.165, 1.54) is 0 Å². The van der Waals surface area contributed by atoms with Crippen molar-refractivity contribution in [3.05, 3.63) is 0 Å². The van der Waals surface area contributed by atoms with Gasteiger partial charge in [0.15, 0.2) is 0 Å². The maximum atomic E-state index is 9.70. The number of unbranched alkanes of at least 4 members (excludes halogenated alkanes) is 1. The monoisotopic (exact) mass is 293 g/mol. The van der Waals surface area contributed by atoms with Crippen LogP contribution in [0.4, 0.5) is 0 Å². The molecule has 0 rings (SSSR count). The SMILES string of the molecule is CCCCOCCOCC(O)CNCC(C)CSC. The molecule has 19 heavy (non-hydrogen) atoms. The summed E-state index contributed by atoms with van der Waals surface area (Å²) in [6.07, 6.45) is 3.93. The molecule has 0 heterocycles. The van der Waals surface area contributed by atoms with E-state index in [0.717, 1.165) is 31.7 Å². The van der Waals surface area contributed by atoms with E-state index in [1.807, 2.05) is 11.8 Å². The minimum Gasteiger partial charge on any atom is -0.389 e. The molecule has 0 saturated carbocycles. The van der Waals surface area contributed by atoms with Gasteiger partial charge in [-0.1, -0.05) is 20.3 Å². The Labute approximate surface area is 122 Å². The number of aliphatic hydroxyl groups is 1. The summed E-state index contributed by atoms with van der Waals surface area (Å²) < 4.78 is 10.7. The molecule has 4 nitrogen and oxygen atoms in total. The molecule has 0 aromatic heterocycles. The van der Waals surface area contributed by atoms with Crippen molar-refractivity contribution < 1.29 is 14.6 Å². The maximum Gasteiger partial charge on any atom is 0.0897 e. The van der Waals surface area contributed by atoms with Crippen molar-refractivity contribution in [3.63, 3.8) is 0 Å². The molecule has 0 amide bonds. The first kappa shape index (κ1) is 19.2. The molecule has 0 aliphatic heterocycles. The second kappa shape index (κ2) is 14.6. The zero-order chi connectivity index (χ0) is 14.3. The van der Waals surface area contributed by atoms with Crippen LogP contribution >= 0.6 is 11.8 Å². The Morgan fingerprint density at radius 3 is 2.58 bits per heavy atom. The number of rotatable bonds is 14. The average Bonchev–Trinajstić information content (AvgIpc) is 2.38. The van der Waals surface area contributed by atoms with Gasteiger partial charge in [0.05, 0.1) is 25.9 Å². The van der Waals surface area contributed by atoms with Gasteiger partial charge in [-0.05, 0) is 30.9 Å². The highest BCUT2D eigenvalue weighted by Crippen LogP contribution is 2.02. The lowest BCUT2D eigenvalue weighted by molar-refractivity contribution is 0.00383. The molecule has 0 aliphatic carbocycles. The van der Waals surface area contributed by atoms with Crippen LogP contribution in [0.5, 0.6) is 0 Å². The molecule has 2 unspecified atom stereocenters. The number of thioether (sulfide) groups is 1. The van der Waals surface area contributed by atoms with Crippen molar-refractivity contribution in [1.82, 2.24) is 5.32 Å². The summed E-state index contributed by atoms with van der Waals surface area (Å²) in [5.41, 5.74) is 0. The predicted molar refractivity (Wildman–Crippen MR) is 83.0 cm³/mol. The summed E-state index contributed by atoms with van der Waals surface area (Å²) in [5, 5.41) is 13.0. The van der Waals surface area contributed by atoms with Crippen molar-refractivity contribution in [1.29, 1.82) is 0 Å². The van der Waals surface area contributed by atoms with Gasteiger partial charge in [0, 0.05) is 13.2 Å². The van der Waals surface area contributed by atoms with E-state index in [9.17, 15) is 5.11 Å². The zero-order valence-electron chi connectivity index (χ0n) is 12.7. The van der Waals surface area contributed by atoms with Crippen LogP contribution in [0.3, 0.4) is 0 Å². The summed E-state index contributed by atoms with van der Waals surface area (Å²) in [5.74, 6) is 1.78. The normalized spacial score (nSPS) is 14.5. The zero-order valence-corrected chi connectivity index (χ0v) is 13.5. The average molecular weight is 293 g/mol. The minimum atomic E-state index is -0.433. The smallest absolute Gasteiger partial charge is 0.0897 e. The second-order valence-electron chi connectivity index (χ2n) is 4.91. The van der Waals surface area contributed by atoms with Crippen molar-refractivity contribution in [2.45, 2.75) is 32.8 Å². The van der Waals surface area contributed by atoms with E-state index in [0.29, 0.717) is 32.3 Å². The van der Waals surface area contributed by atoms with Crippen LogP contribution in [-0.4, -0.2) is 62.7 Å². The predicted octanol–water partition coefficient (Wildman–Crippen LogP) is 1.77. The minimum absolute atomic E-state index is 0.376. The van der Waals surface area contributed by atoms with Crippen LogP contribution in [0, 0.1) is 5.92 Å². The van der Waals surface area contributed by atoms with Gasteiger partial charge in [-0.15, -0.1) is 0 Å². The molecule has 116 valence electrons. The first-order chi connectivity index (χ1) is 9.20. The highest BCUT2D eigenvalue weighted by Gasteiger charge is 2.05. The molecule has 0 fully saturated rings. The molecule has 0 radical (unpaired) electrons. The standard InChI is InChI=1S/C14H31NO3S/c1-4-5-6-17-7-8-18-11-14(16)10-15-9-13(2)12-19-3/h13-16H,4-12H2,1-3H3. The summed E-state index contributed by atoms with van der Waals surface area (Å²) in [4.78, 5) is 0.